The van der Waals surface area contributed by atoms with Crippen LogP contribution in [0.2, 0.25) is 10.0 Å². The van der Waals surface area contributed by atoms with Crippen LogP contribution in [0.3, 0.4) is 0 Å². The molecule has 3 N–H and O–H groups in total. The van der Waals surface area contributed by atoms with Gasteiger partial charge in [0, 0.05) is 6.20 Å². The molecule has 0 saturated heterocycles. The normalized spacial score (nSPS) is 10.3. The first-order chi connectivity index (χ1) is 8.50. The molecule has 0 aliphatic rings. The first-order valence-electron chi connectivity index (χ1n) is 5.02. The lowest BCUT2D eigenvalue weighted by Gasteiger charge is -2.11. The van der Waals surface area contributed by atoms with Gasteiger partial charge in [-0.15, -0.1) is 0 Å². The van der Waals surface area contributed by atoms with Crippen LogP contribution in [0.1, 0.15) is 10.4 Å². The molecule has 0 radical (unpaired) electrons. The van der Waals surface area contributed by atoms with E-state index in [0.717, 1.165) is 0 Å². The molecule has 0 spiro atoms. The Morgan fingerprint density at radius 3 is 2.56 bits per heavy atom. The lowest BCUT2D eigenvalue weighted by Crippen LogP contribution is -2.28. The van der Waals surface area contributed by atoms with Gasteiger partial charge in [-0.3, -0.25) is 14.8 Å². The monoisotopic (exact) mass is 281 g/mol. The summed E-state index contributed by atoms with van der Waals surface area (Å²) in [6, 6.07) is 8.32. The van der Waals surface area contributed by atoms with E-state index in [4.69, 9.17) is 34.3 Å². The predicted octanol–water partition coefficient (Wildman–Crippen LogP) is 2.36. The van der Waals surface area contributed by atoms with Crippen LogP contribution in [-0.4, -0.2) is 10.5 Å². The number of nitrogens with two attached hydrogens (primary N) is 1. The smallest absolute Gasteiger partial charge is 0.252 e. The molecular formula is C12H9Cl2N3O. The summed E-state index contributed by atoms with van der Waals surface area (Å²) >= 11 is 12.0. The first kappa shape index (κ1) is 12.7. The van der Waals surface area contributed by atoms with E-state index in [1.54, 1.807) is 24.3 Å². The number of aromatic nitrogens is 1. The Labute approximate surface area is 113 Å². The fourth-order valence-corrected chi connectivity index (χ4v) is 2.02. The molecule has 1 aromatic heterocycles. The second kappa shape index (κ2) is 4.84. The van der Waals surface area contributed by atoms with Crippen molar-refractivity contribution in [3.05, 3.63) is 57.6 Å². The molecule has 92 valence electrons. The molecule has 0 aliphatic heterocycles. The number of para-hydroxylation sites is 1. The van der Waals surface area contributed by atoms with Gasteiger partial charge in [0.05, 0.1) is 21.3 Å². The topological polar surface area (TPSA) is 71.9 Å². The van der Waals surface area contributed by atoms with E-state index in [0.29, 0.717) is 15.7 Å². The summed E-state index contributed by atoms with van der Waals surface area (Å²) in [6.45, 7) is 0. The third-order valence-electron chi connectivity index (χ3n) is 2.41. The third kappa shape index (κ3) is 2.25. The molecule has 0 aliphatic carbocycles. The van der Waals surface area contributed by atoms with E-state index in [2.05, 4.69) is 0 Å². The minimum absolute atomic E-state index is 0.0439. The van der Waals surface area contributed by atoms with Crippen LogP contribution in [0.15, 0.2) is 36.5 Å². The number of pyridine rings is 1. The number of nitrogens with zero attached hydrogens (tertiary/aromatic N) is 1. The maximum absolute atomic E-state index is 11.2. The zero-order valence-corrected chi connectivity index (χ0v) is 10.7. The number of hydrogen-bond donors (Lipinski definition) is 2. The number of rotatable bonds is 2. The van der Waals surface area contributed by atoms with Crippen molar-refractivity contribution < 1.29 is 4.79 Å². The Hall–Kier alpha value is -1.78. The van der Waals surface area contributed by atoms with E-state index < -0.39 is 5.91 Å². The van der Waals surface area contributed by atoms with Crippen LogP contribution in [0.5, 0.6) is 0 Å². The second-order valence-corrected chi connectivity index (χ2v) is 4.45. The van der Waals surface area contributed by atoms with Crippen molar-refractivity contribution in [2.75, 3.05) is 0 Å². The third-order valence-corrected chi connectivity index (χ3v) is 2.93. The first-order valence-corrected chi connectivity index (χ1v) is 5.78. The largest absolute Gasteiger partial charge is 0.365 e. The lowest BCUT2D eigenvalue weighted by molar-refractivity contribution is 0.0998. The molecule has 6 heteroatoms. The van der Waals surface area contributed by atoms with E-state index in [-0.39, 0.29) is 11.1 Å². The van der Waals surface area contributed by atoms with Crippen molar-refractivity contribution in [2.24, 2.45) is 5.73 Å². The van der Waals surface area contributed by atoms with Crippen molar-refractivity contribution in [1.82, 2.24) is 4.57 Å². The van der Waals surface area contributed by atoms with E-state index in [1.165, 1.54) is 16.8 Å². The molecule has 0 bridgehead atoms. The van der Waals surface area contributed by atoms with Crippen LogP contribution in [-0.2, 0) is 0 Å². The van der Waals surface area contributed by atoms with Crippen molar-refractivity contribution in [1.29, 1.82) is 5.41 Å². The van der Waals surface area contributed by atoms with Crippen LogP contribution in [0.25, 0.3) is 5.69 Å². The molecule has 2 rings (SSSR count). The van der Waals surface area contributed by atoms with Gasteiger partial charge in [0.1, 0.15) is 5.49 Å². The molecule has 0 saturated carbocycles. The van der Waals surface area contributed by atoms with Gasteiger partial charge < -0.3 is 5.73 Å². The summed E-state index contributed by atoms with van der Waals surface area (Å²) < 4.78 is 1.42. The number of carbonyl (C=O) groups is 1. The highest BCUT2D eigenvalue weighted by atomic mass is 35.5. The fourth-order valence-electron chi connectivity index (χ4n) is 1.59. The van der Waals surface area contributed by atoms with E-state index in [1.807, 2.05) is 0 Å². The number of amides is 1. The molecule has 1 aromatic carbocycles. The number of primary amides is 1. The van der Waals surface area contributed by atoms with Crippen molar-refractivity contribution in [2.45, 2.75) is 0 Å². The molecular weight excluding hydrogens is 273 g/mol. The highest BCUT2D eigenvalue weighted by molar-refractivity contribution is 6.32. The zero-order valence-electron chi connectivity index (χ0n) is 9.15. The van der Waals surface area contributed by atoms with Gasteiger partial charge in [0.15, 0.2) is 0 Å². The van der Waals surface area contributed by atoms with Gasteiger partial charge >= 0.3 is 0 Å². The highest BCUT2D eigenvalue weighted by Gasteiger charge is 2.10. The van der Waals surface area contributed by atoms with E-state index >= 15 is 0 Å². The Morgan fingerprint density at radius 2 is 1.94 bits per heavy atom. The zero-order chi connectivity index (χ0) is 13.3. The van der Waals surface area contributed by atoms with E-state index in [9.17, 15) is 4.79 Å². The minimum atomic E-state index is -0.705. The standard InChI is InChI=1S/C12H9Cl2N3O/c13-7-5-8(12(16)18)11(15)17(6-7)10-4-2-1-3-9(10)14/h1-6,15H,(H2,16,18). The number of nitrogens with one attached hydrogen (secondary N) is 1. The molecule has 0 atom stereocenters. The molecule has 1 heterocycles. The maximum atomic E-state index is 11.2. The quantitative estimate of drug-likeness (QED) is 0.872. The number of halogens is 2. The minimum Gasteiger partial charge on any atom is -0.365 e. The summed E-state index contributed by atoms with van der Waals surface area (Å²) in [4.78, 5) is 11.2. The van der Waals surface area contributed by atoms with Crippen LogP contribution < -0.4 is 11.2 Å². The summed E-state index contributed by atoms with van der Waals surface area (Å²) in [5.74, 6) is -0.705. The average Bonchev–Trinajstić information content (AvgIpc) is 2.32. The molecule has 4 nitrogen and oxygen atoms in total. The molecule has 0 unspecified atom stereocenters. The van der Waals surface area contributed by atoms with Crippen molar-refractivity contribution >= 4 is 29.1 Å². The predicted molar refractivity (Wildman–Crippen MR) is 70.2 cm³/mol. The van der Waals surface area contributed by atoms with Gasteiger partial charge in [-0.1, -0.05) is 35.3 Å². The van der Waals surface area contributed by atoms with Crippen molar-refractivity contribution in [3.63, 3.8) is 0 Å². The highest BCUT2D eigenvalue weighted by Crippen LogP contribution is 2.20. The maximum Gasteiger partial charge on any atom is 0.252 e. The van der Waals surface area contributed by atoms with Gasteiger partial charge in [-0.25, -0.2) is 0 Å². The molecule has 18 heavy (non-hydrogen) atoms. The SMILES string of the molecule is N=c1c(C(N)=O)cc(Cl)cn1-c1ccccc1Cl. The Bertz CT molecular complexity index is 679. The van der Waals surface area contributed by atoms with Gasteiger partial charge in [0.25, 0.3) is 5.91 Å². The lowest BCUT2D eigenvalue weighted by atomic mass is 10.2. The summed E-state index contributed by atoms with van der Waals surface area (Å²) in [7, 11) is 0. The molecule has 2 aromatic rings. The average molecular weight is 282 g/mol. The fraction of sp³-hybridized carbons (Fsp3) is 0. The van der Waals surface area contributed by atoms with Gasteiger partial charge in [-0.05, 0) is 18.2 Å². The summed E-state index contributed by atoms with van der Waals surface area (Å²) in [5.41, 5.74) is 5.76. The Morgan fingerprint density at radius 1 is 1.28 bits per heavy atom. The number of carbonyl (C=O) groups excluding carboxylic acids is 1. The Balaban J connectivity index is 2.77. The number of benzene rings is 1. The van der Waals surface area contributed by atoms with Gasteiger partial charge in [-0.2, -0.15) is 0 Å². The van der Waals surface area contributed by atoms with Crippen LogP contribution >= 0.6 is 23.2 Å². The molecule has 1 amide bonds. The van der Waals surface area contributed by atoms with Crippen LogP contribution in [0, 0.1) is 5.41 Å². The number of hydrogen-bond acceptors (Lipinski definition) is 2. The van der Waals surface area contributed by atoms with Gasteiger partial charge in [0.2, 0.25) is 0 Å². The van der Waals surface area contributed by atoms with Crippen LogP contribution in [0.4, 0.5) is 0 Å². The molecule has 0 fully saturated rings. The second-order valence-electron chi connectivity index (χ2n) is 3.61. The summed E-state index contributed by atoms with van der Waals surface area (Å²) in [5, 5.41) is 8.71. The summed E-state index contributed by atoms with van der Waals surface area (Å²) in [6.07, 6.45) is 1.51. The van der Waals surface area contributed by atoms with Crippen molar-refractivity contribution in [3.8, 4) is 5.69 Å². The Kier molecular flexibility index (Phi) is 3.41.